The summed E-state index contributed by atoms with van der Waals surface area (Å²) in [6, 6.07) is 0. The minimum absolute atomic E-state index is 0.718. The fourth-order valence-corrected chi connectivity index (χ4v) is 6.44. The van der Waals surface area contributed by atoms with Crippen LogP contribution in [0.15, 0.2) is 0 Å². The van der Waals surface area contributed by atoms with E-state index in [1.54, 1.807) is 0 Å². The fraction of sp³-hybridized carbons (Fsp3) is 0.857. The van der Waals surface area contributed by atoms with Crippen LogP contribution in [0.1, 0.15) is 116 Å². The molecule has 4 rings (SSSR count). The standard InChI is InChI=1S/C28H42/c1-3-7-23(8-4-1)11-13-25-15-19-27(20-16-25)28-21-17-26(18-22-28)14-12-24-9-5-2-6-10-24/h23-28H,1-10,15-22H2. The van der Waals surface area contributed by atoms with Crippen LogP contribution in [-0.4, -0.2) is 0 Å². The molecule has 0 aromatic heterocycles. The first-order chi connectivity index (χ1) is 13.9. The van der Waals surface area contributed by atoms with Gasteiger partial charge >= 0.3 is 0 Å². The Morgan fingerprint density at radius 3 is 0.893 bits per heavy atom. The van der Waals surface area contributed by atoms with Crippen LogP contribution in [0.5, 0.6) is 0 Å². The summed E-state index contributed by atoms with van der Waals surface area (Å²) in [7, 11) is 0. The van der Waals surface area contributed by atoms with Crippen molar-refractivity contribution in [3.8, 4) is 23.7 Å². The molecule has 28 heavy (non-hydrogen) atoms. The molecule has 0 atom stereocenters. The van der Waals surface area contributed by atoms with Crippen LogP contribution >= 0.6 is 0 Å². The second-order valence-electron chi connectivity index (χ2n) is 10.5. The normalized spacial score (nSPS) is 35.3. The lowest BCUT2D eigenvalue weighted by molar-refractivity contribution is 0.170. The molecule has 4 aliphatic rings. The maximum Gasteiger partial charge on any atom is 0.0203 e. The Bertz CT molecular complexity index is 511. The van der Waals surface area contributed by atoms with Gasteiger partial charge in [0.15, 0.2) is 0 Å². The molecule has 0 bridgehead atoms. The smallest absolute Gasteiger partial charge is 0.0203 e. The van der Waals surface area contributed by atoms with Gasteiger partial charge in [-0.2, -0.15) is 0 Å². The maximum absolute atomic E-state index is 3.70. The molecule has 4 aliphatic carbocycles. The SMILES string of the molecule is C(#CC1CCC(C2CCC(C#CC3CCCCC3)CC2)CC1)C1CCCCC1. The Labute approximate surface area is 175 Å². The van der Waals surface area contributed by atoms with Crippen LogP contribution in [0.3, 0.4) is 0 Å². The largest absolute Gasteiger partial charge is 0.0996 e. The van der Waals surface area contributed by atoms with Gasteiger partial charge in [0, 0.05) is 23.7 Å². The minimum Gasteiger partial charge on any atom is -0.0996 e. The molecule has 0 aliphatic heterocycles. The summed E-state index contributed by atoms with van der Waals surface area (Å²) < 4.78 is 0. The highest BCUT2D eigenvalue weighted by atomic mass is 14.3. The molecular formula is C28H42. The van der Waals surface area contributed by atoms with E-state index in [4.69, 9.17) is 0 Å². The van der Waals surface area contributed by atoms with Crippen molar-refractivity contribution < 1.29 is 0 Å². The molecule has 4 fully saturated rings. The van der Waals surface area contributed by atoms with E-state index in [0.29, 0.717) is 0 Å². The molecule has 154 valence electrons. The monoisotopic (exact) mass is 378 g/mol. The summed E-state index contributed by atoms with van der Waals surface area (Å²) >= 11 is 0. The average molecular weight is 379 g/mol. The molecule has 0 amide bonds. The lowest BCUT2D eigenvalue weighted by Gasteiger charge is -2.36. The predicted octanol–water partition coefficient (Wildman–Crippen LogP) is 7.77. The first-order valence-electron chi connectivity index (χ1n) is 12.9. The zero-order valence-corrected chi connectivity index (χ0v) is 18.2. The van der Waals surface area contributed by atoms with Crippen molar-refractivity contribution in [1.29, 1.82) is 0 Å². The zero-order chi connectivity index (χ0) is 19.0. The fourth-order valence-electron chi connectivity index (χ4n) is 6.44. The van der Waals surface area contributed by atoms with E-state index in [2.05, 4.69) is 23.7 Å². The van der Waals surface area contributed by atoms with Crippen LogP contribution in [-0.2, 0) is 0 Å². The first kappa shape index (κ1) is 20.4. The van der Waals surface area contributed by atoms with E-state index in [9.17, 15) is 0 Å². The quantitative estimate of drug-likeness (QED) is 0.409. The Morgan fingerprint density at radius 1 is 0.286 bits per heavy atom. The summed E-state index contributed by atoms with van der Waals surface area (Å²) in [5.41, 5.74) is 0. The molecule has 4 saturated carbocycles. The van der Waals surface area contributed by atoms with E-state index >= 15 is 0 Å². The molecule has 0 N–H and O–H groups in total. The summed E-state index contributed by atoms with van der Waals surface area (Å²) in [6.07, 6.45) is 25.4. The number of hydrogen-bond donors (Lipinski definition) is 0. The van der Waals surface area contributed by atoms with Gasteiger partial charge in [0.05, 0.1) is 0 Å². The number of rotatable bonds is 1. The molecule has 0 spiro atoms. The summed E-state index contributed by atoms with van der Waals surface area (Å²) in [5, 5.41) is 0. The summed E-state index contributed by atoms with van der Waals surface area (Å²) in [4.78, 5) is 0. The molecule has 0 radical (unpaired) electrons. The van der Waals surface area contributed by atoms with E-state index in [-0.39, 0.29) is 0 Å². The highest BCUT2D eigenvalue weighted by Crippen LogP contribution is 2.41. The lowest BCUT2D eigenvalue weighted by Crippen LogP contribution is -2.25. The van der Waals surface area contributed by atoms with Crippen LogP contribution in [0.2, 0.25) is 0 Å². The van der Waals surface area contributed by atoms with Gasteiger partial charge in [0.1, 0.15) is 0 Å². The van der Waals surface area contributed by atoms with Gasteiger partial charge in [-0.3, -0.25) is 0 Å². The average Bonchev–Trinajstić information content (AvgIpc) is 2.78. The van der Waals surface area contributed by atoms with Gasteiger partial charge < -0.3 is 0 Å². The molecule has 0 aromatic carbocycles. The Kier molecular flexibility index (Phi) is 7.84. The van der Waals surface area contributed by atoms with Crippen molar-refractivity contribution >= 4 is 0 Å². The molecule has 0 nitrogen and oxygen atoms in total. The van der Waals surface area contributed by atoms with Gasteiger partial charge in [-0.25, -0.2) is 0 Å². The summed E-state index contributed by atoms with van der Waals surface area (Å²) in [6.45, 7) is 0. The minimum atomic E-state index is 0.718. The van der Waals surface area contributed by atoms with E-state index < -0.39 is 0 Å². The van der Waals surface area contributed by atoms with Crippen LogP contribution in [0.4, 0.5) is 0 Å². The van der Waals surface area contributed by atoms with Crippen molar-refractivity contribution in [3.63, 3.8) is 0 Å². The van der Waals surface area contributed by atoms with Gasteiger partial charge in [0.25, 0.3) is 0 Å². The van der Waals surface area contributed by atoms with E-state index in [0.717, 1.165) is 35.5 Å². The topological polar surface area (TPSA) is 0 Å². The van der Waals surface area contributed by atoms with Crippen LogP contribution in [0, 0.1) is 59.2 Å². The highest BCUT2D eigenvalue weighted by molar-refractivity contribution is 5.10. The molecule has 0 heteroatoms. The maximum atomic E-state index is 3.70. The second-order valence-corrected chi connectivity index (χ2v) is 10.5. The van der Waals surface area contributed by atoms with Gasteiger partial charge in [-0.1, -0.05) is 62.2 Å². The van der Waals surface area contributed by atoms with Crippen molar-refractivity contribution in [2.45, 2.75) is 116 Å². The van der Waals surface area contributed by atoms with Crippen molar-refractivity contribution in [3.05, 3.63) is 0 Å². The van der Waals surface area contributed by atoms with Gasteiger partial charge in [-0.15, -0.1) is 0 Å². The van der Waals surface area contributed by atoms with Crippen molar-refractivity contribution in [2.75, 3.05) is 0 Å². The summed E-state index contributed by atoms with van der Waals surface area (Å²) in [5.74, 6) is 19.6. The van der Waals surface area contributed by atoms with Gasteiger partial charge in [-0.05, 0) is 88.9 Å². The van der Waals surface area contributed by atoms with E-state index in [1.807, 2.05) is 0 Å². The Balaban J connectivity index is 1.16. The van der Waals surface area contributed by atoms with Crippen LogP contribution in [0.25, 0.3) is 0 Å². The third-order valence-corrected chi connectivity index (χ3v) is 8.40. The number of hydrogen-bond acceptors (Lipinski definition) is 0. The molecule has 0 aromatic rings. The molecular weight excluding hydrogens is 336 g/mol. The zero-order valence-electron chi connectivity index (χ0n) is 18.2. The molecule has 0 saturated heterocycles. The molecule has 0 unspecified atom stereocenters. The second kappa shape index (κ2) is 10.8. The van der Waals surface area contributed by atoms with Crippen molar-refractivity contribution in [1.82, 2.24) is 0 Å². The third-order valence-electron chi connectivity index (χ3n) is 8.40. The Hall–Kier alpha value is -0.880. The predicted molar refractivity (Wildman–Crippen MR) is 120 cm³/mol. The highest BCUT2D eigenvalue weighted by Gasteiger charge is 2.30. The van der Waals surface area contributed by atoms with Crippen LogP contribution < -0.4 is 0 Å². The van der Waals surface area contributed by atoms with E-state index in [1.165, 1.54) is 116 Å². The third kappa shape index (κ3) is 6.06. The first-order valence-corrected chi connectivity index (χ1v) is 12.9. The lowest BCUT2D eigenvalue weighted by atomic mass is 9.69. The molecule has 0 heterocycles. The van der Waals surface area contributed by atoms with Gasteiger partial charge in [0.2, 0.25) is 0 Å². The Morgan fingerprint density at radius 2 is 0.571 bits per heavy atom. The van der Waals surface area contributed by atoms with Crippen molar-refractivity contribution in [2.24, 2.45) is 35.5 Å².